The highest BCUT2D eigenvalue weighted by atomic mass is 19.1. The van der Waals surface area contributed by atoms with Crippen LogP contribution in [0.5, 0.6) is 0 Å². The molecule has 0 spiro atoms. The van der Waals surface area contributed by atoms with Gasteiger partial charge < -0.3 is 5.32 Å². The second-order valence-electron chi connectivity index (χ2n) is 7.15. The summed E-state index contributed by atoms with van der Waals surface area (Å²) in [5.41, 5.74) is 5.96. The molecule has 3 aromatic rings. The molecule has 0 radical (unpaired) electrons. The molecule has 0 saturated heterocycles. The van der Waals surface area contributed by atoms with Gasteiger partial charge in [-0.2, -0.15) is 5.10 Å². The molecular formula is C22H22FN5O3. The molecule has 0 aliphatic carbocycles. The van der Waals surface area contributed by atoms with Crippen molar-refractivity contribution in [1.29, 1.82) is 0 Å². The van der Waals surface area contributed by atoms with Gasteiger partial charge in [0.25, 0.3) is 17.7 Å². The Balaban J connectivity index is 1.61. The minimum absolute atomic E-state index is 0.149. The second kappa shape index (κ2) is 9.66. The van der Waals surface area contributed by atoms with Gasteiger partial charge in [-0.3, -0.25) is 30.3 Å². The Morgan fingerprint density at radius 2 is 1.61 bits per heavy atom. The Morgan fingerprint density at radius 3 is 2.29 bits per heavy atom. The standard InChI is InChI=1S/C22H22FN5O3/c1-13(2)19(24-20(29)15-10-6-7-11-16(15)23)22(31)28-27-21(30)18-12-17(25-26-18)14-8-4-3-5-9-14/h3-13,19H,1-2H3,(H,24,29)(H,25,26)(H,27,30)(H,28,31). The molecule has 9 heteroatoms. The number of carbonyl (C=O) groups excluding carboxylic acids is 3. The zero-order valence-electron chi connectivity index (χ0n) is 17.0. The van der Waals surface area contributed by atoms with Crippen molar-refractivity contribution in [3.8, 4) is 11.3 Å². The summed E-state index contributed by atoms with van der Waals surface area (Å²) >= 11 is 0. The van der Waals surface area contributed by atoms with Crippen molar-refractivity contribution in [3.05, 3.63) is 77.7 Å². The first-order valence-corrected chi connectivity index (χ1v) is 9.63. The lowest BCUT2D eigenvalue weighted by Gasteiger charge is -2.21. The molecule has 160 valence electrons. The Kier molecular flexibility index (Phi) is 6.76. The van der Waals surface area contributed by atoms with Crippen LogP contribution >= 0.6 is 0 Å². The molecule has 31 heavy (non-hydrogen) atoms. The van der Waals surface area contributed by atoms with Crippen molar-refractivity contribution in [3.63, 3.8) is 0 Å². The number of amides is 3. The molecule has 3 rings (SSSR count). The summed E-state index contributed by atoms with van der Waals surface area (Å²) in [6.45, 7) is 3.43. The van der Waals surface area contributed by atoms with Crippen LogP contribution in [0.3, 0.4) is 0 Å². The summed E-state index contributed by atoms with van der Waals surface area (Å²) in [6, 6.07) is 15.3. The van der Waals surface area contributed by atoms with Crippen LogP contribution in [0.2, 0.25) is 0 Å². The molecule has 0 fully saturated rings. The second-order valence-corrected chi connectivity index (χ2v) is 7.15. The van der Waals surface area contributed by atoms with E-state index in [-0.39, 0.29) is 17.2 Å². The monoisotopic (exact) mass is 423 g/mol. The molecular weight excluding hydrogens is 401 g/mol. The predicted molar refractivity (Wildman–Crippen MR) is 112 cm³/mol. The van der Waals surface area contributed by atoms with Gasteiger partial charge in [0.05, 0.1) is 11.3 Å². The van der Waals surface area contributed by atoms with E-state index in [1.54, 1.807) is 19.9 Å². The SMILES string of the molecule is CC(C)C(NC(=O)c1ccccc1F)C(=O)NNC(=O)c1cc(-c2ccccc2)n[nH]1. The van der Waals surface area contributed by atoms with Crippen LogP contribution < -0.4 is 16.2 Å². The number of halogens is 1. The highest BCUT2D eigenvalue weighted by molar-refractivity contribution is 5.99. The quantitative estimate of drug-likeness (QED) is 0.456. The number of hydrazine groups is 1. The van der Waals surface area contributed by atoms with Crippen molar-refractivity contribution >= 4 is 17.7 Å². The maximum Gasteiger partial charge on any atom is 0.287 e. The van der Waals surface area contributed by atoms with Gasteiger partial charge in [0.2, 0.25) is 0 Å². The Morgan fingerprint density at radius 1 is 0.935 bits per heavy atom. The molecule has 0 aliphatic rings. The van der Waals surface area contributed by atoms with E-state index in [9.17, 15) is 18.8 Å². The van der Waals surface area contributed by atoms with Gasteiger partial charge in [0, 0.05) is 5.56 Å². The van der Waals surface area contributed by atoms with E-state index in [1.165, 1.54) is 18.2 Å². The maximum absolute atomic E-state index is 13.8. The van der Waals surface area contributed by atoms with Gasteiger partial charge in [-0.1, -0.05) is 56.3 Å². The maximum atomic E-state index is 13.8. The average Bonchev–Trinajstić information content (AvgIpc) is 3.26. The smallest absolute Gasteiger partial charge is 0.287 e. The highest BCUT2D eigenvalue weighted by Gasteiger charge is 2.26. The molecule has 0 aliphatic heterocycles. The minimum Gasteiger partial charge on any atom is -0.340 e. The summed E-state index contributed by atoms with van der Waals surface area (Å²) in [7, 11) is 0. The lowest BCUT2D eigenvalue weighted by molar-refractivity contribution is -0.124. The van der Waals surface area contributed by atoms with E-state index in [0.717, 1.165) is 11.6 Å². The zero-order chi connectivity index (χ0) is 22.4. The van der Waals surface area contributed by atoms with Gasteiger partial charge >= 0.3 is 0 Å². The van der Waals surface area contributed by atoms with E-state index in [1.807, 2.05) is 30.3 Å². The van der Waals surface area contributed by atoms with E-state index in [2.05, 4.69) is 26.4 Å². The average molecular weight is 423 g/mol. The number of rotatable bonds is 6. The number of nitrogens with zero attached hydrogens (tertiary/aromatic N) is 1. The van der Waals surface area contributed by atoms with Gasteiger partial charge in [-0.05, 0) is 24.1 Å². The fourth-order valence-electron chi connectivity index (χ4n) is 2.86. The number of nitrogens with one attached hydrogen (secondary N) is 4. The van der Waals surface area contributed by atoms with Gasteiger partial charge in [0.15, 0.2) is 0 Å². The largest absolute Gasteiger partial charge is 0.340 e. The number of hydrogen-bond acceptors (Lipinski definition) is 4. The summed E-state index contributed by atoms with van der Waals surface area (Å²) in [5, 5.41) is 9.20. The van der Waals surface area contributed by atoms with Crippen LogP contribution in [0.1, 0.15) is 34.7 Å². The fraction of sp³-hybridized carbons (Fsp3) is 0.182. The van der Waals surface area contributed by atoms with Crippen LogP contribution in [-0.4, -0.2) is 34.0 Å². The first kappa shape index (κ1) is 21.7. The summed E-state index contributed by atoms with van der Waals surface area (Å²) < 4.78 is 13.8. The van der Waals surface area contributed by atoms with Crippen molar-refractivity contribution in [2.24, 2.45) is 5.92 Å². The number of benzene rings is 2. The molecule has 3 amide bonds. The Labute approximate surface area is 178 Å². The fourth-order valence-corrected chi connectivity index (χ4v) is 2.86. The zero-order valence-corrected chi connectivity index (χ0v) is 17.0. The highest BCUT2D eigenvalue weighted by Crippen LogP contribution is 2.16. The normalized spacial score (nSPS) is 11.6. The number of hydrogen-bond donors (Lipinski definition) is 4. The predicted octanol–water partition coefficient (Wildman–Crippen LogP) is 2.43. The van der Waals surface area contributed by atoms with Gasteiger partial charge in [0.1, 0.15) is 17.6 Å². The number of aromatic nitrogens is 2. The van der Waals surface area contributed by atoms with Crippen molar-refractivity contribution in [2.75, 3.05) is 0 Å². The number of aromatic amines is 1. The molecule has 1 aromatic heterocycles. The van der Waals surface area contributed by atoms with Crippen LogP contribution in [0.4, 0.5) is 4.39 Å². The topological polar surface area (TPSA) is 116 Å². The number of H-pyrrole nitrogens is 1. The van der Waals surface area contributed by atoms with Crippen LogP contribution in [0.15, 0.2) is 60.7 Å². The Hall–Kier alpha value is -4.01. The summed E-state index contributed by atoms with van der Waals surface area (Å²) in [6.07, 6.45) is 0. The molecule has 1 unspecified atom stereocenters. The molecule has 1 heterocycles. The lowest BCUT2D eigenvalue weighted by atomic mass is 10.0. The van der Waals surface area contributed by atoms with E-state index < -0.39 is 29.6 Å². The molecule has 0 bridgehead atoms. The van der Waals surface area contributed by atoms with Crippen LogP contribution in [0, 0.1) is 11.7 Å². The third kappa shape index (κ3) is 5.33. The third-order valence-electron chi connectivity index (χ3n) is 4.55. The van der Waals surface area contributed by atoms with E-state index >= 15 is 0 Å². The number of carbonyl (C=O) groups is 3. The molecule has 8 nitrogen and oxygen atoms in total. The molecule has 2 aromatic carbocycles. The first-order chi connectivity index (χ1) is 14.9. The molecule has 1 atom stereocenters. The summed E-state index contributed by atoms with van der Waals surface area (Å²) in [5.74, 6) is -2.98. The Bertz CT molecular complexity index is 1080. The van der Waals surface area contributed by atoms with Crippen LogP contribution in [-0.2, 0) is 4.79 Å². The lowest BCUT2D eigenvalue weighted by Crippen LogP contribution is -2.54. The summed E-state index contributed by atoms with van der Waals surface area (Å²) in [4.78, 5) is 37.2. The minimum atomic E-state index is -0.992. The third-order valence-corrected chi connectivity index (χ3v) is 4.55. The van der Waals surface area contributed by atoms with Crippen LogP contribution in [0.25, 0.3) is 11.3 Å². The van der Waals surface area contributed by atoms with E-state index in [0.29, 0.717) is 5.69 Å². The molecule has 0 saturated carbocycles. The van der Waals surface area contributed by atoms with Gasteiger partial charge in [-0.15, -0.1) is 0 Å². The first-order valence-electron chi connectivity index (χ1n) is 9.63. The van der Waals surface area contributed by atoms with Gasteiger partial charge in [-0.25, -0.2) is 4.39 Å². The van der Waals surface area contributed by atoms with Crippen molar-refractivity contribution in [1.82, 2.24) is 26.4 Å². The molecule has 4 N–H and O–H groups in total. The van der Waals surface area contributed by atoms with E-state index in [4.69, 9.17) is 0 Å². The van der Waals surface area contributed by atoms with Crippen molar-refractivity contribution < 1.29 is 18.8 Å². The van der Waals surface area contributed by atoms with Crippen molar-refractivity contribution in [2.45, 2.75) is 19.9 Å².